The topological polar surface area (TPSA) is 62.2 Å². The number of ether oxygens (including phenoxy) is 2. The molecule has 1 aliphatic rings. The van der Waals surface area contributed by atoms with E-state index in [1.165, 1.54) is 0 Å². The van der Waals surface area contributed by atoms with Crippen LogP contribution in [0.25, 0.3) is 0 Å². The second-order valence-corrected chi connectivity index (χ2v) is 4.33. The number of hydrogen-bond acceptors (Lipinski definition) is 5. The van der Waals surface area contributed by atoms with E-state index in [0.717, 1.165) is 39.3 Å². The van der Waals surface area contributed by atoms with Gasteiger partial charge in [0.25, 0.3) is 0 Å². The SMILES string of the molecule is CCN1CCN(CCOCCOCC(=O)O)CC1. The summed E-state index contributed by atoms with van der Waals surface area (Å²) in [5.41, 5.74) is 0. The van der Waals surface area contributed by atoms with E-state index >= 15 is 0 Å². The lowest BCUT2D eigenvalue weighted by molar-refractivity contribution is -0.142. The zero-order valence-electron chi connectivity index (χ0n) is 11.1. The maximum absolute atomic E-state index is 10.2. The van der Waals surface area contributed by atoms with Crippen molar-refractivity contribution < 1.29 is 19.4 Å². The van der Waals surface area contributed by atoms with Crippen molar-refractivity contribution in [2.45, 2.75) is 6.92 Å². The van der Waals surface area contributed by atoms with Gasteiger partial charge in [-0.3, -0.25) is 4.90 Å². The van der Waals surface area contributed by atoms with E-state index < -0.39 is 5.97 Å². The smallest absolute Gasteiger partial charge is 0.329 e. The van der Waals surface area contributed by atoms with Gasteiger partial charge in [0.15, 0.2) is 0 Å². The number of aliphatic carboxylic acids is 1. The van der Waals surface area contributed by atoms with Gasteiger partial charge in [-0.15, -0.1) is 0 Å². The van der Waals surface area contributed by atoms with Gasteiger partial charge in [-0.25, -0.2) is 4.79 Å². The fraction of sp³-hybridized carbons (Fsp3) is 0.917. The monoisotopic (exact) mass is 260 g/mol. The molecule has 0 radical (unpaired) electrons. The summed E-state index contributed by atoms with van der Waals surface area (Å²) in [6.45, 7) is 9.98. The van der Waals surface area contributed by atoms with E-state index in [1.807, 2.05) is 0 Å². The van der Waals surface area contributed by atoms with Crippen LogP contribution in [-0.2, 0) is 14.3 Å². The molecule has 0 amide bonds. The summed E-state index contributed by atoms with van der Waals surface area (Å²) in [6.07, 6.45) is 0. The van der Waals surface area contributed by atoms with Gasteiger partial charge >= 0.3 is 5.97 Å². The van der Waals surface area contributed by atoms with Crippen molar-refractivity contribution in [2.75, 3.05) is 65.7 Å². The number of piperazine rings is 1. The molecule has 0 aromatic carbocycles. The molecule has 0 unspecified atom stereocenters. The molecule has 1 aliphatic heterocycles. The van der Waals surface area contributed by atoms with Crippen molar-refractivity contribution in [1.29, 1.82) is 0 Å². The fourth-order valence-electron chi connectivity index (χ4n) is 1.90. The number of carboxylic acid groups (broad SMARTS) is 1. The predicted molar refractivity (Wildman–Crippen MR) is 67.8 cm³/mol. The maximum atomic E-state index is 10.2. The number of carboxylic acids is 1. The Bertz CT molecular complexity index is 230. The largest absolute Gasteiger partial charge is 0.480 e. The highest BCUT2D eigenvalue weighted by Crippen LogP contribution is 2.00. The molecule has 0 atom stereocenters. The lowest BCUT2D eigenvalue weighted by atomic mass is 10.3. The number of carbonyl (C=O) groups is 1. The Hall–Kier alpha value is -0.690. The van der Waals surface area contributed by atoms with E-state index in [4.69, 9.17) is 14.6 Å². The Morgan fingerprint density at radius 3 is 2.28 bits per heavy atom. The number of likely N-dealkylation sites (N-methyl/N-ethyl adjacent to an activating group) is 1. The first-order chi connectivity index (χ1) is 8.72. The third-order valence-corrected chi connectivity index (χ3v) is 3.06. The third kappa shape index (κ3) is 6.90. The second-order valence-electron chi connectivity index (χ2n) is 4.33. The average Bonchev–Trinajstić information content (AvgIpc) is 2.38. The van der Waals surface area contributed by atoms with E-state index in [1.54, 1.807) is 0 Å². The first kappa shape index (κ1) is 15.4. The molecule has 1 saturated heterocycles. The third-order valence-electron chi connectivity index (χ3n) is 3.06. The highest BCUT2D eigenvalue weighted by molar-refractivity contribution is 5.67. The van der Waals surface area contributed by atoms with Crippen LogP contribution < -0.4 is 0 Å². The molecule has 6 nitrogen and oxygen atoms in total. The fourth-order valence-corrected chi connectivity index (χ4v) is 1.90. The van der Waals surface area contributed by atoms with Gasteiger partial charge in [0.2, 0.25) is 0 Å². The molecule has 106 valence electrons. The molecule has 1 N–H and O–H groups in total. The Morgan fingerprint density at radius 2 is 1.67 bits per heavy atom. The van der Waals surface area contributed by atoms with Crippen LogP contribution in [0.2, 0.25) is 0 Å². The Labute approximate surface area is 108 Å². The summed E-state index contributed by atoms with van der Waals surface area (Å²) in [6, 6.07) is 0. The summed E-state index contributed by atoms with van der Waals surface area (Å²) in [7, 11) is 0. The molecule has 1 fully saturated rings. The van der Waals surface area contributed by atoms with Crippen LogP contribution in [0, 0.1) is 0 Å². The second kappa shape index (κ2) is 9.27. The van der Waals surface area contributed by atoms with Crippen LogP contribution in [0.4, 0.5) is 0 Å². The maximum Gasteiger partial charge on any atom is 0.329 e. The van der Waals surface area contributed by atoms with Gasteiger partial charge in [-0.1, -0.05) is 6.92 Å². The van der Waals surface area contributed by atoms with Crippen molar-refractivity contribution in [3.05, 3.63) is 0 Å². The minimum absolute atomic E-state index is 0.248. The highest BCUT2D eigenvalue weighted by atomic mass is 16.5. The predicted octanol–water partition coefficient (Wildman–Crippen LogP) is -0.258. The lowest BCUT2D eigenvalue weighted by Gasteiger charge is -2.33. The summed E-state index contributed by atoms with van der Waals surface area (Å²) >= 11 is 0. The van der Waals surface area contributed by atoms with Crippen LogP contribution in [-0.4, -0.2) is 86.6 Å². The first-order valence-electron chi connectivity index (χ1n) is 6.54. The van der Waals surface area contributed by atoms with Gasteiger partial charge in [-0.05, 0) is 6.54 Å². The Balaban J connectivity index is 1.88. The zero-order valence-corrected chi connectivity index (χ0v) is 11.1. The van der Waals surface area contributed by atoms with Crippen molar-refractivity contribution >= 4 is 5.97 Å². The van der Waals surface area contributed by atoms with Crippen LogP contribution >= 0.6 is 0 Å². The molecule has 0 aromatic rings. The van der Waals surface area contributed by atoms with Crippen molar-refractivity contribution in [1.82, 2.24) is 9.80 Å². The molecule has 6 heteroatoms. The zero-order chi connectivity index (χ0) is 13.2. The Kier molecular flexibility index (Phi) is 7.91. The van der Waals surface area contributed by atoms with Gasteiger partial charge in [0.05, 0.1) is 19.8 Å². The normalized spacial score (nSPS) is 18.1. The highest BCUT2D eigenvalue weighted by Gasteiger charge is 2.14. The van der Waals surface area contributed by atoms with Crippen molar-refractivity contribution in [3.8, 4) is 0 Å². The molecule has 18 heavy (non-hydrogen) atoms. The molecular weight excluding hydrogens is 236 g/mol. The van der Waals surface area contributed by atoms with Crippen LogP contribution in [0.5, 0.6) is 0 Å². The number of nitrogens with zero attached hydrogens (tertiary/aromatic N) is 2. The molecule has 0 aliphatic carbocycles. The Morgan fingerprint density at radius 1 is 1.06 bits per heavy atom. The average molecular weight is 260 g/mol. The van der Waals surface area contributed by atoms with Gasteiger partial charge in [0.1, 0.15) is 6.61 Å². The van der Waals surface area contributed by atoms with Crippen LogP contribution in [0.15, 0.2) is 0 Å². The first-order valence-corrected chi connectivity index (χ1v) is 6.54. The minimum atomic E-state index is -0.941. The van der Waals surface area contributed by atoms with Crippen molar-refractivity contribution in [2.24, 2.45) is 0 Å². The van der Waals surface area contributed by atoms with Gasteiger partial charge in [0, 0.05) is 32.7 Å². The van der Waals surface area contributed by atoms with E-state index in [2.05, 4.69) is 16.7 Å². The number of rotatable bonds is 9. The summed E-state index contributed by atoms with van der Waals surface area (Å²) in [4.78, 5) is 15.0. The van der Waals surface area contributed by atoms with Crippen molar-refractivity contribution in [3.63, 3.8) is 0 Å². The minimum Gasteiger partial charge on any atom is -0.480 e. The van der Waals surface area contributed by atoms with E-state index in [0.29, 0.717) is 19.8 Å². The summed E-state index contributed by atoms with van der Waals surface area (Å²) in [5, 5.41) is 8.35. The van der Waals surface area contributed by atoms with E-state index in [-0.39, 0.29) is 6.61 Å². The molecular formula is C12H24N2O4. The molecule has 1 rings (SSSR count). The summed E-state index contributed by atoms with van der Waals surface area (Å²) < 4.78 is 10.3. The van der Waals surface area contributed by atoms with Crippen LogP contribution in [0.3, 0.4) is 0 Å². The summed E-state index contributed by atoms with van der Waals surface area (Å²) in [5.74, 6) is -0.941. The van der Waals surface area contributed by atoms with E-state index in [9.17, 15) is 4.79 Å². The molecule has 0 spiro atoms. The lowest BCUT2D eigenvalue weighted by Crippen LogP contribution is -2.47. The molecule has 0 bridgehead atoms. The standard InChI is InChI=1S/C12H24N2O4/c1-2-13-3-5-14(6-4-13)7-8-17-9-10-18-11-12(15)16/h2-11H2,1H3,(H,15,16). The van der Waals surface area contributed by atoms with Gasteiger partial charge < -0.3 is 19.5 Å². The number of hydrogen-bond donors (Lipinski definition) is 1. The quantitative estimate of drug-likeness (QED) is 0.576. The molecule has 0 aromatic heterocycles. The van der Waals surface area contributed by atoms with Gasteiger partial charge in [-0.2, -0.15) is 0 Å². The molecule has 1 heterocycles. The van der Waals surface area contributed by atoms with Crippen LogP contribution in [0.1, 0.15) is 6.92 Å². The molecule has 0 saturated carbocycles.